The van der Waals surface area contributed by atoms with Crippen LogP contribution in [0.25, 0.3) is 0 Å². The van der Waals surface area contributed by atoms with Gasteiger partial charge in [0.2, 0.25) is 0 Å². The number of para-hydroxylation sites is 1. The average molecular weight is 289 g/mol. The minimum atomic E-state index is 0.518. The van der Waals surface area contributed by atoms with Crippen molar-refractivity contribution < 1.29 is 18.9 Å². The van der Waals surface area contributed by atoms with E-state index in [0.29, 0.717) is 52.1 Å². The fourth-order valence-electron chi connectivity index (χ4n) is 1.33. The second-order valence-electron chi connectivity index (χ2n) is 3.69. The maximum atomic E-state index is 5.48. The molecule has 0 atom stereocenters. The maximum Gasteiger partial charge on any atom is 0.119 e. The molecule has 0 heterocycles. The Bertz CT molecular complexity index is 295. The predicted molar refractivity (Wildman–Crippen MR) is 75.1 cm³/mol. The van der Waals surface area contributed by atoms with Crippen LogP contribution in [0.5, 0.6) is 5.75 Å². The van der Waals surface area contributed by atoms with Crippen LogP contribution in [-0.2, 0) is 14.2 Å². The van der Waals surface area contributed by atoms with Crippen molar-refractivity contribution in [3.8, 4) is 5.75 Å². The summed E-state index contributed by atoms with van der Waals surface area (Å²) in [5.74, 6) is 1.38. The third-order valence-corrected chi connectivity index (χ3v) is 2.36. The Balaban J connectivity index is 1.79. The Labute approximate surface area is 119 Å². The van der Waals surface area contributed by atoms with Crippen molar-refractivity contribution in [3.05, 3.63) is 30.3 Å². The highest BCUT2D eigenvalue weighted by Gasteiger charge is 1.93. The highest BCUT2D eigenvalue weighted by atomic mass is 35.5. The van der Waals surface area contributed by atoms with Gasteiger partial charge in [0.15, 0.2) is 0 Å². The first-order chi connectivity index (χ1) is 9.43. The first-order valence-corrected chi connectivity index (χ1v) is 6.94. The van der Waals surface area contributed by atoms with Gasteiger partial charge in [0.25, 0.3) is 0 Å². The molecule has 1 aromatic rings. The van der Waals surface area contributed by atoms with Crippen LogP contribution in [0.3, 0.4) is 0 Å². The van der Waals surface area contributed by atoms with Gasteiger partial charge in [0.1, 0.15) is 12.4 Å². The van der Waals surface area contributed by atoms with E-state index in [1.165, 1.54) is 0 Å². The SMILES string of the molecule is ClCCOCCOCCOCCOc1ccccc1. The molecule has 1 rings (SSSR count). The van der Waals surface area contributed by atoms with Crippen LogP contribution in [0.2, 0.25) is 0 Å². The van der Waals surface area contributed by atoms with Crippen molar-refractivity contribution in [2.75, 3.05) is 52.1 Å². The van der Waals surface area contributed by atoms with Crippen LogP contribution in [0, 0.1) is 0 Å². The van der Waals surface area contributed by atoms with Crippen LogP contribution in [-0.4, -0.2) is 52.1 Å². The van der Waals surface area contributed by atoms with Crippen LogP contribution >= 0.6 is 11.6 Å². The van der Waals surface area contributed by atoms with Gasteiger partial charge < -0.3 is 18.9 Å². The van der Waals surface area contributed by atoms with Gasteiger partial charge in [-0.3, -0.25) is 0 Å². The Hall–Kier alpha value is -0.810. The van der Waals surface area contributed by atoms with E-state index in [1.54, 1.807) is 0 Å². The molecule has 0 aromatic heterocycles. The lowest BCUT2D eigenvalue weighted by atomic mass is 10.3. The Kier molecular flexibility index (Phi) is 10.5. The number of hydrogen-bond acceptors (Lipinski definition) is 4. The van der Waals surface area contributed by atoms with Gasteiger partial charge in [-0.05, 0) is 12.1 Å². The second-order valence-corrected chi connectivity index (χ2v) is 4.07. The van der Waals surface area contributed by atoms with Gasteiger partial charge in [0, 0.05) is 5.88 Å². The Morgan fingerprint density at radius 3 is 1.79 bits per heavy atom. The lowest BCUT2D eigenvalue weighted by molar-refractivity contribution is 0.0117. The lowest BCUT2D eigenvalue weighted by Gasteiger charge is -2.07. The van der Waals surface area contributed by atoms with Crippen molar-refractivity contribution in [1.29, 1.82) is 0 Å². The summed E-state index contributed by atoms with van der Waals surface area (Å²) in [6.07, 6.45) is 0. The van der Waals surface area contributed by atoms with Gasteiger partial charge in [-0.25, -0.2) is 0 Å². The van der Waals surface area contributed by atoms with Crippen molar-refractivity contribution in [2.24, 2.45) is 0 Å². The van der Waals surface area contributed by atoms with Crippen LogP contribution in [0.15, 0.2) is 30.3 Å². The van der Waals surface area contributed by atoms with E-state index in [2.05, 4.69) is 0 Å². The number of alkyl halides is 1. The molecule has 0 spiro atoms. The van der Waals surface area contributed by atoms with Crippen molar-refractivity contribution in [1.82, 2.24) is 0 Å². The molecule has 4 nitrogen and oxygen atoms in total. The summed E-state index contributed by atoms with van der Waals surface area (Å²) < 4.78 is 21.3. The zero-order valence-corrected chi connectivity index (χ0v) is 11.8. The van der Waals surface area contributed by atoms with Gasteiger partial charge in [-0.1, -0.05) is 18.2 Å². The summed E-state index contributed by atoms with van der Waals surface area (Å²) in [7, 11) is 0. The molecule has 1 aromatic carbocycles. The standard InChI is InChI=1S/C14H21ClO4/c15-6-7-16-8-9-17-10-11-18-12-13-19-14-4-2-1-3-5-14/h1-5H,6-13H2. The first kappa shape index (κ1) is 16.2. The molecule has 19 heavy (non-hydrogen) atoms. The molecule has 0 amide bonds. The normalized spacial score (nSPS) is 10.6. The molecule has 0 aliphatic heterocycles. The molecule has 0 saturated carbocycles. The molecule has 0 radical (unpaired) electrons. The van der Waals surface area contributed by atoms with E-state index in [-0.39, 0.29) is 0 Å². The molecular formula is C14H21ClO4. The average Bonchev–Trinajstić information content (AvgIpc) is 2.46. The van der Waals surface area contributed by atoms with Crippen LogP contribution in [0.4, 0.5) is 0 Å². The van der Waals surface area contributed by atoms with E-state index in [4.69, 9.17) is 30.5 Å². The predicted octanol–water partition coefficient (Wildman–Crippen LogP) is 2.35. The molecule has 0 N–H and O–H groups in total. The molecule has 0 aliphatic rings. The summed E-state index contributed by atoms with van der Waals surface area (Å²) in [6.45, 7) is 3.94. The molecule has 0 unspecified atom stereocenters. The fourth-order valence-corrected chi connectivity index (χ4v) is 1.44. The number of benzene rings is 1. The van der Waals surface area contributed by atoms with Crippen LogP contribution in [0.1, 0.15) is 0 Å². The molecule has 0 fully saturated rings. The second kappa shape index (κ2) is 12.2. The summed E-state index contributed by atoms with van der Waals surface area (Å²) in [4.78, 5) is 0. The summed E-state index contributed by atoms with van der Waals surface area (Å²) >= 11 is 5.46. The van der Waals surface area contributed by atoms with E-state index < -0.39 is 0 Å². The van der Waals surface area contributed by atoms with Gasteiger partial charge in [-0.2, -0.15) is 0 Å². The van der Waals surface area contributed by atoms with Gasteiger partial charge >= 0.3 is 0 Å². The number of hydrogen-bond donors (Lipinski definition) is 0. The van der Waals surface area contributed by atoms with Crippen molar-refractivity contribution in [2.45, 2.75) is 0 Å². The van der Waals surface area contributed by atoms with E-state index in [0.717, 1.165) is 5.75 Å². The molecular weight excluding hydrogens is 268 g/mol. The molecule has 0 aliphatic carbocycles. The highest BCUT2D eigenvalue weighted by molar-refractivity contribution is 6.17. The molecule has 5 heteroatoms. The van der Waals surface area contributed by atoms with Crippen molar-refractivity contribution >= 4 is 11.6 Å². The third-order valence-electron chi connectivity index (χ3n) is 2.21. The largest absolute Gasteiger partial charge is 0.491 e. The topological polar surface area (TPSA) is 36.9 Å². The lowest BCUT2D eigenvalue weighted by Crippen LogP contribution is -2.13. The van der Waals surface area contributed by atoms with Gasteiger partial charge in [0.05, 0.1) is 39.6 Å². The smallest absolute Gasteiger partial charge is 0.119 e. The number of halogens is 1. The third kappa shape index (κ3) is 9.73. The number of rotatable bonds is 12. The number of ether oxygens (including phenoxy) is 4. The summed E-state index contributed by atoms with van der Waals surface area (Å²) in [6, 6.07) is 9.68. The zero-order valence-electron chi connectivity index (χ0n) is 11.1. The first-order valence-electron chi connectivity index (χ1n) is 6.40. The quantitative estimate of drug-likeness (QED) is 0.437. The maximum absolute atomic E-state index is 5.48. The van der Waals surface area contributed by atoms with E-state index in [1.807, 2.05) is 30.3 Å². The summed E-state index contributed by atoms with van der Waals surface area (Å²) in [5, 5.41) is 0. The molecule has 108 valence electrons. The van der Waals surface area contributed by atoms with Crippen LogP contribution < -0.4 is 4.74 Å². The van der Waals surface area contributed by atoms with E-state index in [9.17, 15) is 0 Å². The highest BCUT2D eigenvalue weighted by Crippen LogP contribution is 2.07. The monoisotopic (exact) mass is 288 g/mol. The van der Waals surface area contributed by atoms with Crippen molar-refractivity contribution in [3.63, 3.8) is 0 Å². The molecule has 0 saturated heterocycles. The summed E-state index contributed by atoms with van der Waals surface area (Å²) in [5.41, 5.74) is 0. The Morgan fingerprint density at radius 2 is 1.21 bits per heavy atom. The zero-order chi connectivity index (χ0) is 13.6. The van der Waals surface area contributed by atoms with Gasteiger partial charge in [-0.15, -0.1) is 11.6 Å². The Morgan fingerprint density at radius 1 is 0.684 bits per heavy atom. The molecule has 0 bridgehead atoms. The van der Waals surface area contributed by atoms with E-state index >= 15 is 0 Å². The minimum Gasteiger partial charge on any atom is -0.491 e. The minimum absolute atomic E-state index is 0.518. The fraction of sp³-hybridized carbons (Fsp3) is 0.571.